The van der Waals surface area contributed by atoms with Crippen LogP contribution in [0.1, 0.15) is 51.7 Å². The first-order valence-electron chi connectivity index (χ1n) is 13.3. The lowest BCUT2D eigenvalue weighted by Gasteiger charge is -2.18. The summed E-state index contributed by atoms with van der Waals surface area (Å²) < 4.78 is 1.34. The van der Waals surface area contributed by atoms with Crippen molar-refractivity contribution in [1.29, 1.82) is 5.41 Å². The lowest BCUT2D eigenvalue weighted by atomic mass is 10.0. The van der Waals surface area contributed by atoms with Crippen LogP contribution in [0, 0.1) is 11.3 Å². The number of hydrogen-bond donors (Lipinski definition) is 6. The summed E-state index contributed by atoms with van der Waals surface area (Å²) in [4.78, 5) is 43.5. The average Bonchev–Trinajstić information content (AvgIpc) is 2.90. The Hall–Kier alpha value is -4.67. The molecule has 0 bridgehead atoms. The molecule has 0 unspecified atom stereocenters. The molecular weight excluding hydrogens is 508 g/mol. The van der Waals surface area contributed by atoms with Crippen molar-refractivity contribution in [2.24, 2.45) is 11.7 Å². The van der Waals surface area contributed by atoms with E-state index in [1.807, 2.05) is 27.7 Å². The number of anilines is 3. The number of carbonyl (C=O) groups excluding carboxylic acids is 2. The van der Waals surface area contributed by atoms with Crippen LogP contribution in [0.2, 0.25) is 0 Å². The van der Waals surface area contributed by atoms with Crippen LogP contribution in [0.5, 0.6) is 0 Å². The monoisotopic (exact) mass is 546 g/mol. The quantitative estimate of drug-likeness (QED) is 0.114. The number of carbonyl (C=O) groups is 2. The Balaban J connectivity index is 1.92. The normalized spacial score (nSPS) is 10.9. The van der Waals surface area contributed by atoms with E-state index < -0.39 is 5.56 Å². The second-order valence-electron chi connectivity index (χ2n) is 9.92. The first-order chi connectivity index (χ1) is 19.0. The van der Waals surface area contributed by atoms with Crippen LogP contribution in [0.3, 0.4) is 0 Å². The zero-order valence-corrected chi connectivity index (χ0v) is 23.4. The summed E-state index contributed by atoms with van der Waals surface area (Å²) in [5, 5.41) is 16.3. The Morgan fingerprint density at radius 2 is 1.75 bits per heavy atom. The van der Waals surface area contributed by atoms with E-state index in [1.54, 1.807) is 42.5 Å². The van der Waals surface area contributed by atoms with Crippen molar-refractivity contribution in [3.05, 3.63) is 70.1 Å². The fourth-order valence-electron chi connectivity index (χ4n) is 4.23. The molecule has 0 spiro atoms. The van der Waals surface area contributed by atoms with E-state index >= 15 is 0 Å². The van der Waals surface area contributed by atoms with Crippen LogP contribution in [0.15, 0.2) is 53.5 Å². The van der Waals surface area contributed by atoms with Gasteiger partial charge in [-0.25, -0.2) is 4.98 Å². The molecule has 1 heterocycles. The van der Waals surface area contributed by atoms with Gasteiger partial charge >= 0.3 is 0 Å². The molecule has 0 saturated heterocycles. The Morgan fingerprint density at radius 3 is 2.35 bits per heavy atom. The fraction of sp³-hybridized carbons (Fsp3) is 0.345. The van der Waals surface area contributed by atoms with Crippen LogP contribution in [-0.2, 0) is 22.7 Å². The zero-order chi connectivity index (χ0) is 29.4. The van der Waals surface area contributed by atoms with E-state index in [0.29, 0.717) is 41.0 Å². The van der Waals surface area contributed by atoms with Crippen molar-refractivity contribution in [3.63, 3.8) is 0 Å². The molecule has 0 atom stereocenters. The maximum Gasteiger partial charge on any atom is 0.294 e. The van der Waals surface area contributed by atoms with Crippen LogP contribution in [0.25, 0.3) is 11.3 Å². The van der Waals surface area contributed by atoms with Gasteiger partial charge in [0.05, 0.1) is 11.9 Å². The maximum absolute atomic E-state index is 13.4. The number of nitrogens with two attached hydrogens (primary N) is 2. The lowest BCUT2D eigenvalue weighted by molar-refractivity contribution is -0.122. The molecule has 0 aliphatic rings. The minimum Gasteiger partial charge on any atom is -0.399 e. The van der Waals surface area contributed by atoms with Crippen molar-refractivity contribution in [2.75, 3.05) is 16.4 Å². The number of nitrogen functional groups attached to an aromatic ring is 2. The van der Waals surface area contributed by atoms with Gasteiger partial charge in [-0.1, -0.05) is 38.1 Å². The molecule has 8 N–H and O–H groups in total. The van der Waals surface area contributed by atoms with Crippen LogP contribution in [-0.4, -0.2) is 33.2 Å². The molecule has 40 heavy (non-hydrogen) atoms. The molecule has 0 radical (unpaired) electrons. The van der Waals surface area contributed by atoms with Gasteiger partial charge in [0.1, 0.15) is 12.4 Å². The number of nitrogens with zero attached hydrogens (tertiary/aromatic N) is 2. The Labute approximate surface area is 233 Å². The topological polar surface area (TPSA) is 181 Å². The van der Waals surface area contributed by atoms with Crippen molar-refractivity contribution in [3.8, 4) is 11.3 Å². The van der Waals surface area contributed by atoms with Gasteiger partial charge in [-0.3, -0.25) is 24.4 Å². The number of aromatic nitrogens is 2. The molecule has 2 aromatic carbocycles. The fourth-order valence-corrected chi connectivity index (χ4v) is 4.23. The number of benzene rings is 2. The first kappa shape index (κ1) is 29.9. The van der Waals surface area contributed by atoms with Crippen LogP contribution < -0.4 is 33.0 Å². The third-order valence-corrected chi connectivity index (χ3v) is 6.41. The molecule has 0 fully saturated rings. The summed E-state index contributed by atoms with van der Waals surface area (Å²) in [5.41, 5.74) is 14.4. The lowest BCUT2D eigenvalue weighted by Crippen LogP contribution is -2.35. The summed E-state index contributed by atoms with van der Waals surface area (Å²) in [5.74, 6) is -0.534. The van der Waals surface area contributed by atoms with E-state index in [1.165, 1.54) is 10.8 Å². The summed E-state index contributed by atoms with van der Waals surface area (Å²) >= 11 is 0. The van der Waals surface area contributed by atoms with E-state index in [-0.39, 0.29) is 48.5 Å². The van der Waals surface area contributed by atoms with Gasteiger partial charge in [-0.05, 0) is 50.5 Å². The van der Waals surface area contributed by atoms with Gasteiger partial charge in [0, 0.05) is 41.0 Å². The summed E-state index contributed by atoms with van der Waals surface area (Å²) in [6.45, 7) is 7.66. The molecule has 3 rings (SSSR count). The third kappa shape index (κ3) is 7.68. The van der Waals surface area contributed by atoms with Gasteiger partial charge in [-0.15, -0.1) is 0 Å². The molecule has 3 aromatic rings. The van der Waals surface area contributed by atoms with Crippen LogP contribution in [0.4, 0.5) is 17.2 Å². The van der Waals surface area contributed by atoms with Gasteiger partial charge in [0.15, 0.2) is 5.82 Å². The predicted molar refractivity (Wildman–Crippen MR) is 159 cm³/mol. The number of rotatable bonds is 12. The van der Waals surface area contributed by atoms with Crippen molar-refractivity contribution < 1.29 is 9.59 Å². The van der Waals surface area contributed by atoms with Crippen molar-refractivity contribution >= 4 is 34.8 Å². The van der Waals surface area contributed by atoms with Crippen molar-refractivity contribution in [2.45, 2.75) is 59.7 Å². The maximum atomic E-state index is 13.4. The summed E-state index contributed by atoms with van der Waals surface area (Å²) in [6.07, 6.45) is 2.93. The predicted octanol–water partition coefficient (Wildman–Crippen LogP) is 3.29. The highest BCUT2D eigenvalue weighted by atomic mass is 16.2. The molecule has 11 nitrogen and oxygen atoms in total. The summed E-state index contributed by atoms with van der Waals surface area (Å²) in [6, 6.07) is 11.9. The molecule has 0 aliphatic carbocycles. The molecule has 212 valence electrons. The first-order valence-corrected chi connectivity index (χ1v) is 13.3. The van der Waals surface area contributed by atoms with Gasteiger partial charge in [0.25, 0.3) is 5.56 Å². The zero-order valence-electron chi connectivity index (χ0n) is 23.4. The number of hydrogen-bond acceptors (Lipinski definition) is 7. The number of amides is 2. The molecule has 2 amide bonds. The van der Waals surface area contributed by atoms with Crippen LogP contribution >= 0.6 is 0 Å². The van der Waals surface area contributed by atoms with Gasteiger partial charge < -0.3 is 27.4 Å². The average molecular weight is 547 g/mol. The van der Waals surface area contributed by atoms with E-state index in [2.05, 4.69) is 20.9 Å². The minimum absolute atomic E-state index is 0.0363. The highest BCUT2D eigenvalue weighted by Crippen LogP contribution is 2.26. The molecule has 1 aromatic heterocycles. The third-order valence-electron chi connectivity index (χ3n) is 6.41. The van der Waals surface area contributed by atoms with E-state index in [4.69, 9.17) is 16.9 Å². The second-order valence-corrected chi connectivity index (χ2v) is 9.92. The smallest absolute Gasteiger partial charge is 0.294 e. The van der Waals surface area contributed by atoms with Crippen molar-refractivity contribution in [1.82, 2.24) is 14.9 Å². The highest BCUT2D eigenvalue weighted by molar-refractivity contribution is 5.95. The highest BCUT2D eigenvalue weighted by Gasteiger charge is 2.18. The number of nitrogens with one attached hydrogen (secondary N) is 4. The molecule has 11 heteroatoms. The summed E-state index contributed by atoms with van der Waals surface area (Å²) in [7, 11) is 0. The Morgan fingerprint density at radius 1 is 1.07 bits per heavy atom. The standard InChI is InChI=1S/C29H38N8O3/c1-5-19(6-2)28(39)36-23-12-21(11-22(30)13-23)24-15-34-27(35-17(3)4)29(40)37(24)16-25(38)33-14-18-7-9-20(10-8-18)26(31)32/h7-13,15,17,19H,5-6,14,16,30H2,1-4H3,(H3,31,32)(H,33,38)(H,34,35)(H,36,39). The second kappa shape index (κ2) is 13.4. The Bertz CT molecular complexity index is 1430. The van der Waals surface area contributed by atoms with E-state index in [0.717, 1.165) is 5.56 Å². The largest absolute Gasteiger partial charge is 0.399 e. The minimum atomic E-state index is -0.461. The van der Waals surface area contributed by atoms with Gasteiger partial charge in [0.2, 0.25) is 11.8 Å². The molecular formula is C29H38N8O3. The Kier molecular flexibility index (Phi) is 10.0. The number of amidine groups is 1. The van der Waals surface area contributed by atoms with Gasteiger partial charge in [-0.2, -0.15) is 0 Å². The molecule has 0 saturated carbocycles. The SMILES string of the molecule is CCC(CC)C(=O)Nc1cc(N)cc(-c2cnc(NC(C)C)c(=O)n2CC(=O)NCc2ccc(C(=N)N)cc2)c1. The molecule has 0 aliphatic heterocycles. The van der Waals surface area contributed by atoms with E-state index in [9.17, 15) is 14.4 Å².